The topological polar surface area (TPSA) is 105 Å². The normalized spacial score (nSPS) is 38.4. The van der Waals surface area contributed by atoms with Crippen LogP contribution in [0.25, 0.3) is 0 Å². The number of aliphatic hydroxyl groups is 1. The lowest BCUT2D eigenvalue weighted by Crippen LogP contribution is -2.64. The molecule has 2 bridgehead atoms. The average molecular weight is 375 g/mol. The maximum Gasteiger partial charge on any atom is 0.165 e. The molecule has 2 aliphatic heterocycles. The lowest BCUT2D eigenvalue weighted by Gasteiger charge is -2.56. The molecule has 0 radical (unpaired) electrons. The molecule has 5 atom stereocenters. The predicted octanol–water partition coefficient (Wildman–Crippen LogP) is 0.273. The van der Waals surface area contributed by atoms with Crippen LogP contribution in [0.15, 0.2) is 24.3 Å². The molecular formula is C18H26ClNO5. The number of halogens is 1. The number of methoxy groups -OCH3 is 1. The standard InChI is InChI=1S/C18H21NO3.ClH.2H2O/c1-19-8-7-18-11-4-5-13(20)17(18)22-16-14(21-2)6-3-10(15(16)18)9-12(11)19;;;/h3-6,11-13,17,20H,7-9H2,1-2H3;1H;2*1H2/t11?,12-,13+,17+,18+;;;/m1.../s1/i1D3;;;. The second kappa shape index (κ2) is 6.45. The number of hydrogen-bond donors (Lipinski definition) is 1. The van der Waals surface area contributed by atoms with Gasteiger partial charge in [-0.05, 0) is 38.0 Å². The van der Waals surface area contributed by atoms with Crippen molar-refractivity contribution in [2.45, 2.75) is 36.5 Å². The van der Waals surface area contributed by atoms with Gasteiger partial charge in [-0.3, -0.25) is 0 Å². The lowest BCUT2D eigenvalue weighted by molar-refractivity contribution is -0.0453. The van der Waals surface area contributed by atoms with E-state index in [0.717, 1.165) is 16.9 Å². The van der Waals surface area contributed by atoms with Crippen molar-refractivity contribution < 1.29 is 29.6 Å². The van der Waals surface area contributed by atoms with Gasteiger partial charge in [-0.2, -0.15) is 0 Å². The van der Waals surface area contributed by atoms with Crippen LogP contribution >= 0.6 is 12.4 Å². The summed E-state index contributed by atoms with van der Waals surface area (Å²) in [5.41, 5.74) is 1.89. The van der Waals surface area contributed by atoms with Crippen molar-refractivity contribution in [1.29, 1.82) is 0 Å². The van der Waals surface area contributed by atoms with Gasteiger partial charge in [0, 0.05) is 27.1 Å². The molecule has 1 unspecified atom stereocenters. The van der Waals surface area contributed by atoms with Gasteiger partial charge in [0.2, 0.25) is 0 Å². The van der Waals surface area contributed by atoms with Gasteiger partial charge in [-0.15, -0.1) is 12.4 Å². The highest BCUT2D eigenvalue weighted by Gasteiger charge is 2.64. The number of rotatable bonds is 1. The Bertz CT molecular complexity index is 789. The first kappa shape index (κ1) is 15.9. The Hall–Kier alpha value is -1.31. The highest BCUT2D eigenvalue weighted by atomic mass is 35.5. The summed E-state index contributed by atoms with van der Waals surface area (Å²) in [4.78, 5) is 1.66. The van der Waals surface area contributed by atoms with Crippen molar-refractivity contribution in [1.82, 2.24) is 4.90 Å². The Balaban J connectivity index is 0.000000934. The van der Waals surface area contributed by atoms with Gasteiger partial charge in [-0.25, -0.2) is 0 Å². The number of aliphatic hydroxyl groups excluding tert-OH is 1. The zero-order valence-electron chi connectivity index (χ0n) is 16.9. The molecule has 1 aromatic rings. The van der Waals surface area contributed by atoms with Crippen molar-refractivity contribution in [3.8, 4) is 11.5 Å². The van der Waals surface area contributed by atoms with Gasteiger partial charge in [0.25, 0.3) is 0 Å². The largest absolute Gasteiger partial charge is 0.493 e. The summed E-state index contributed by atoms with van der Waals surface area (Å²) in [6.45, 7) is -1.63. The lowest BCUT2D eigenvalue weighted by atomic mass is 9.53. The number of likely N-dealkylation sites (tertiary alicyclic amines) is 1. The molecule has 1 saturated heterocycles. The zero-order valence-corrected chi connectivity index (χ0v) is 14.7. The number of hydrogen-bond acceptors (Lipinski definition) is 4. The van der Waals surface area contributed by atoms with Crippen LogP contribution in [0.5, 0.6) is 11.5 Å². The summed E-state index contributed by atoms with van der Waals surface area (Å²) in [5, 5.41) is 10.6. The number of piperidine rings is 1. The molecule has 0 saturated carbocycles. The summed E-state index contributed by atoms with van der Waals surface area (Å²) in [7, 11) is 1.62. The molecular weight excluding hydrogens is 346 g/mol. The molecule has 2 heterocycles. The van der Waals surface area contributed by atoms with Gasteiger partial charge in [0.1, 0.15) is 12.2 Å². The predicted molar refractivity (Wildman–Crippen MR) is 96.9 cm³/mol. The third kappa shape index (κ3) is 2.18. The van der Waals surface area contributed by atoms with Gasteiger partial charge >= 0.3 is 0 Å². The molecule has 25 heavy (non-hydrogen) atoms. The third-order valence-electron chi connectivity index (χ3n) is 6.08. The van der Waals surface area contributed by atoms with Crippen LogP contribution in [0.4, 0.5) is 0 Å². The SMILES string of the molecule is Cl.O.O.[2H]C([2H])([2H])N1CC[C@]23c4c5ccc(OC)c4O[C@H]2[C@@H](O)C=CC3[C@H]1C5. The second-order valence-electron chi connectivity index (χ2n) is 6.83. The molecule has 0 amide bonds. The molecule has 1 spiro atoms. The Morgan fingerprint density at radius 3 is 2.88 bits per heavy atom. The van der Waals surface area contributed by atoms with E-state index in [0.29, 0.717) is 25.1 Å². The highest BCUT2D eigenvalue weighted by molar-refractivity contribution is 5.85. The fourth-order valence-corrected chi connectivity index (χ4v) is 5.21. The first-order valence-corrected chi connectivity index (χ1v) is 7.88. The summed E-state index contributed by atoms with van der Waals surface area (Å²) >= 11 is 0. The van der Waals surface area contributed by atoms with Crippen LogP contribution in [-0.4, -0.2) is 59.8 Å². The van der Waals surface area contributed by atoms with Gasteiger partial charge in [-0.1, -0.05) is 18.2 Å². The first-order chi connectivity index (χ1) is 11.9. The summed E-state index contributed by atoms with van der Waals surface area (Å²) in [6, 6.07) is 3.81. The number of nitrogens with zero attached hydrogens (tertiary/aromatic N) is 1. The Labute approximate surface area is 157 Å². The molecule has 1 aromatic carbocycles. The fraction of sp³-hybridized carbons (Fsp3) is 0.556. The Morgan fingerprint density at radius 2 is 2.16 bits per heavy atom. The van der Waals surface area contributed by atoms with E-state index in [9.17, 15) is 5.11 Å². The van der Waals surface area contributed by atoms with Gasteiger partial charge in [0.05, 0.1) is 7.11 Å². The average Bonchev–Trinajstić information content (AvgIpc) is 2.89. The minimum Gasteiger partial charge on any atom is -0.493 e. The van der Waals surface area contributed by atoms with Crippen molar-refractivity contribution in [3.05, 3.63) is 35.4 Å². The van der Waals surface area contributed by atoms with Crippen LogP contribution in [0.3, 0.4) is 0 Å². The molecule has 4 aliphatic rings. The van der Waals surface area contributed by atoms with E-state index in [-0.39, 0.29) is 46.8 Å². The molecule has 1 fully saturated rings. The van der Waals surface area contributed by atoms with Gasteiger partial charge < -0.3 is 30.4 Å². The smallest absolute Gasteiger partial charge is 0.165 e. The van der Waals surface area contributed by atoms with Crippen LogP contribution in [0, 0.1) is 5.92 Å². The monoisotopic (exact) mass is 374 g/mol. The highest BCUT2D eigenvalue weighted by Crippen LogP contribution is 2.62. The van der Waals surface area contributed by atoms with E-state index < -0.39 is 13.1 Å². The second-order valence-corrected chi connectivity index (χ2v) is 6.83. The summed E-state index contributed by atoms with van der Waals surface area (Å²) < 4.78 is 35.6. The maximum atomic E-state index is 10.6. The minimum absolute atomic E-state index is 0. The first-order valence-electron chi connectivity index (χ1n) is 9.38. The fourth-order valence-electron chi connectivity index (χ4n) is 5.21. The summed E-state index contributed by atoms with van der Waals surface area (Å²) in [6.07, 6.45) is 4.05. The number of ether oxygens (including phenoxy) is 2. The Kier molecular flexibility index (Phi) is 4.10. The molecule has 6 nitrogen and oxygen atoms in total. The molecule has 7 heteroatoms. The van der Waals surface area contributed by atoms with Crippen LogP contribution in [0.1, 0.15) is 21.7 Å². The van der Waals surface area contributed by atoms with E-state index >= 15 is 0 Å². The summed E-state index contributed by atoms with van der Waals surface area (Å²) in [5.74, 6) is 1.44. The van der Waals surface area contributed by atoms with E-state index in [1.54, 1.807) is 18.1 Å². The molecule has 0 aromatic heterocycles. The molecule has 5 N–H and O–H groups in total. The van der Waals surface area contributed by atoms with Crippen molar-refractivity contribution in [2.75, 3.05) is 20.6 Å². The Morgan fingerprint density at radius 1 is 1.36 bits per heavy atom. The van der Waals surface area contributed by atoms with Crippen molar-refractivity contribution in [3.63, 3.8) is 0 Å². The quantitative estimate of drug-likeness (QED) is 0.712. The van der Waals surface area contributed by atoms with E-state index in [4.69, 9.17) is 13.6 Å². The number of benzene rings is 1. The van der Waals surface area contributed by atoms with Crippen molar-refractivity contribution >= 4 is 12.4 Å². The zero-order chi connectivity index (χ0) is 17.6. The molecule has 5 rings (SSSR count). The molecule has 2 aliphatic carbocycles. The number of likely N-dealkylation sites (N-methyl/N-ethyl adjacent to an activating group) is 1. The minimum atomic E-state index is -2.11. The van der Waals surface area contributed by atoms with E-state index in [1.807, 2.05) is 18.2 Å². The van der Waals surface area contributed by atoms with Gasteiger partial charge in [0.15, 0.2) is 11.5 Å². The van der Waals surface area contributed by atoms with E-state index in [2.05, 4.69) is 0 Å². The van der Waals surface area contributed by atoms with Crippen molar-refractivity contribution in [2.24, 2.45) is 5.92 Å². The van der Waals surface area contributed by atoms with Crippen LogP contribution in [0.2, 0.25) is 0 Å². The maximum absolute atomic E-state index is 10.6. The van der Waals surface area contributed by atoms with Crippen LogP contribution < -0.4 is 9.47 Å². The van der Waals surface area contributed by atoms with Crippen LogP contribution in [-0.2, 0) is 11.8 Å². The molecule has 140 valence electrons. The third-order valence-corrected chi connectivity index (χ3v) is 6.08. The van der Waals surface area contributed by atoms with E-state index in [1.165, 1.54) is 0 Å².